The van der Waals surface area contributed by atoms with Crippen LogP contribution in [0, 0.1) is 0 Å². The minimum Gasteiger partial charge on any atom is -0.451 e. The Hall–Kier alpha value is -2.74. The number of hydrogen-bond acceptors (Lipinski definition) is 6. The Kier molecular flexibility index (Phi) is 7.96. The number of nitrogens with zero attached hydrogens (tertiary/aromatic N) is 2. The lowest BCUT2D eigenvalue weighted by molar-refractivity contribution is -0.153. The van der Waals surface area contributed by atoms with Crippen molar-refractivity contribution in [1.82, 2.24) is 10.3 Å². The van der Waals surface area contributed by atoms with Gasteiger partial charge in [-0.2, -0.15) is 0 Å². The van der Waals surface area contributed by atoms with Crippen LogP contribution in [0.1, 0.15) is 44.6 Å². The number of amides is 2. The van der Waals surface area contributed by atoms with Crippen LogP contribution >= 0.6 is 11.3 Å². The molecular weight excluding hydrogens is 402 g/mol. The molecule has 1 aromatic heterocycles. The zero-order chi connectivity index (χ0) is 21.3. The average Bonchev–Trinajstić information content (AvgIpc) is 3.28. The van der Waals surface area contributed by atoms with Gasteiger partial charge in [-0.25, -0.2) is 4.98 Å². The largest absolute Gasteiger partial charge is 0.451 e. The molecule has 0 saturated heterocycles. The van der Waals surface area contributed by atoms with Crippen molar-refractivity contribution in [1.29, 1.82) is 0 Å². The van der Waals surface area contributed by atoms with E-state index in [9.17, 15) is 14.4 Å². The fourth-order valence-corrected chi connectivity index (χ4v) is 4.32. The smallest absolute Gasteiger partial charge is 0.326 e. The topological polar surface area (TPSA) is 88.6 Å². The monoisotopic (exact) mass is 429 g/mol. The molecule has 1 aromatic carbocycles. The molecule has 2 amide bonds. The second kappa shape index (κ2) is 10.9. The van der Waals surface area contributed by atoms with E-state index in [2.05, 4.69) is 10.3 Å². The molecule has 8 heteroatoms. The average molecular weight is 430 g/mol. The number of esters is 1. The highest BCUT2D eigenvalue weighted by atomic mass is 32.1. The number of rotatable bonds is 8. The molecule has 1 aliphatic carbocycles. The zero-order valence-electron chi connectivity index (χ0n) is 17.1. The normalized spacial score (nSPS) is 15.2. The maximum Gasteiger partial charge on any atom is 0.326 e. The van der Waals surface area contributed by atoms with E-state index >= 15 is 0 Å². The van der Waals surface area contributed by atoms with Crippen molar-refractivity contribution in [3.63, 3.8) is 0 Å². The third-order valence-corrected chi connectivity index (χ3v) is 5.87. The molecule has 0 spiro atoms. The van der Waals surface area contributed by atoms with Crippen LogP contribution in [0.3, 0.4) is 0 Å². The number of benzene rings is 1. The minimum atomic E-state index is -0.950. The molecular formula is C22H27N3O4S. The van der Waals surface area contributed by atoms with Crippen LogP contribution < -0.4 is 10.2 Å². The second-order valence-electron chi connectivity index (χ2n) is 7.39. The van der Waals surface area contributed by atoms with Crippen LogP contribution in [0.2, 0.25) is 0 Å². The third-order valence-electron chi connectivity index (χ3n) is 5.10. The van der Waals surface area contributed by atoms with Crippen LogP contribution in [0.15, 0.2) is 41.9 Å². The highest BCUT2D eigenvalue weighted by molar-refractivity contribution is 7.13. The van der Waals surface area contributed by atoms with Gasteiger partial charge < -0.3 is 10.1 Å². The Morgan fingerprint density at radius 2 is 1.93 bits per heavy atom. The first-order valence-corrected chi connectivity index (χ1v) is 11.1. The zero-order valence-corrected chi connectivity index (χ0v) is 17.9. The number of carbonyl (C=O) groups is 3. The van der Waals surface area contributed by atoms with Gasteiger partial charge in [0.05, 0.1) is 6.42 Å². The third kappa shape index (κ3) is 6.13. The fourth-order valence-electron chi connectivity index (χ4n) is 3.60. The van der Waals surface area contributed by atoms with Gasteiger partial charge in [-0.1, -0.05) is 49.6 Å². The van der Waals surface area contributed by atoms with E-state index in [1.807, 2.05) is 35.7 Å². The summed E-state index contributed by atoms with van der Waals surface area (Å²) in [4.78, 5) is 43.3. The molecule has 7 nitrogen and oxygen atoms in total. The number of nitrogens with one attached hydrogen (secondary N) is 1. The molecule has 1 aliphatic rings. The summed E-state index contributed by atoms with van der Waals surface area (Å²) in [5, 5.41) is 5.01. The molecule has 2 aromatic rings. The number of hydrogen-bond donors (Lipinski definition) is 1. The van der Waals surface area contributed by atoms with E-state index in [1.165, 1.54) is 17.8 Å². The SMILES string of the molecule is CC(OC(=O)CNC(=O)Cc1ccccc1)C(=O)N(c1nccs1)C1CCCCC1. The number of thiazole rings is 1. The van der Waals surface area contributed by atoms with Crippen molar-refractivity contribution in [3.8, 4) is 0 Å². The van der Waals surface area contributed by atoms with Gasteiger partial charge in [-0.3, -0.25) is 19.3 Å². The second-order valence-corrected chi connectivity index (χ2v) is 8.26. The first-order chi connectivity index (χ1) is 14.5. The Bertz CT molecular complexity index is 835. The first-order valence-electron chi connectivity index (χ1n) is 10.3. The van der Waals surface area contributed by atoms with Crippen LogP contribution in [0.4, 0.5) is 5.13 Å². The Morgan fingerprint density at radius 1 is 1.20 bits per heavy atom. The lowest BCUT2D eigenvalue weighted by Gasteiger charge is -2.33. The van der Waals surface area contributed by atoms with Crippen molar-refractivity contribution in [2.24, 2.45) is 0 Å². The minimum absolute atomic E-state index is 0.0733. The molecule has 0 aliphatic heterocycles. The van der Waals surface area contributed by atoms with Crippen LogP contribution in [0.25, 0.3) is 0 Å². The van der Waals surface area contributed by atoms with E-state index in [0.29, 0.717) is 5.13 Å². The van der Waals surface area contributed by atoms with Gasteiger partial charge in [0.25, 0.3) is 5.91 Å². The van der Waals surface area contributed by atoms with Gasteiger partial charge in [-0.15, -0.1) is 11.3 Å². The standard InChI is InChI=1S/C22H27N3O4S/c1-16(29-20(27)15-24-19(26)14-17-8-4-2-5-9-17)21(28)25(22-23-12-13-30-22)18-10-6-3-7-11-18/h2,4-5,8-9,12-13,16,18H,3,6-7,10-11,14-15H2,1H3,(H,24,26). The molecule has 1 fully saturated rings. The molecule has 1 unspecified atom stereocenters. The summed E-state index contributed by atoms with van der Waals surface area (Å²) >= 11 is 1.40. The van der Waals surface area contributed by atoms with Crippen LogP contribution in [0.5, 0.6) is 0 Å². The molecule has 1 saturated carbocycles. The Morgan fingerprint density at radius 3 is 2.60 bits per heavy atom. The van der Waals surface area contributed by atoms with E-state index in [-0.39, 0.29) is 30.8 Å². The summed E-state index contributed by atoms with van der Waals surface area (Å²) in [6.45, 7) is 1.29. The van der Waals surface area contributed by atoms with Gasteiger partial charge in [0.15, 0.2) is 11.2 Å². The highest BCUT2D eigenvalue weighted by Crippen LogP contribution is 2.29. The summed E-state index contributed by atoms with van der Waals surface area (Å²) in [7, 11) is 0. The van der Waals surface area contributed by atoms with E-state index < -0.39 is 12.1 Å². The fraction of sp³-hybridized carbons (Fsp3) is 0.455. The molecule has 1 N–H and O–H groups in total. The number of anilines is 1. The molecule has 0 radical (unpaired) electrons. The van der Waals surface area contributed by atoms with Crippen LogP contribution in [-0.2, 0) is 25.5 Å². The maximum absolute atomic E-state index is 13.1. The van der Waals surface area contributed by atoms with Crippen molar-refractivity contribution < 1.29 is 19.1 Å². The van der Waals surface area contributed by atoms with Gasteiger partial charge >= 0.3 is 5.97 Å². The summed E-state index contributed by atoms with van der Waals surface area (Å²) in [6, 6.07) is 9.34. The van der Waals surface area contributed by atoms with Gasteiger partial charge in [-0.05, 0) is 25.3 Å². The quantitative estimate of drug-likeness (QED) is 0.652. The molecule has 160 valence electrons. The van der Waals surface area contributed by atoms with Gasteiger partial charge in [0, 0.05) is 17.6 Å². The summed E-state index contributed by atoms with van der Waals surface area (Å²) in [6.07, 6.45) is 6.05. The summed E-state index contributed by atoms with van der Waals surface area (Å²) in [5.74, 6) is -1.19. The molecule has 3 rings (SSSR count). The van der Waals surface area contributed by atoms with Gasteiger partial charge in [0.2, 0.25) is 5.91 Å². The van der Waals surface area contributed by atoms with Crippen molar-refractivity contribution in [2.45, 2.75) is 57.6 Å². The van der Waals surface area contributed by atoms with E-state index in [4.69, 9.17) is 4.74 Å². The predicted molar refractivity (Wildman–Crippen MR) is 115 cm³/mol. The number of carbonyl (C=O) groups excluding carboxylic acids is 3. The number of ether oxygens (including phenoxy) is 1. The van der Waals surface area contributed by atoms with Crippen molar-refractivity contribution >= 4 is 34.3 Å². The Labute approximate surface area is 180 Å². The lowest BCUT2D eigenvalue weighted by Crippen LogP contribution is -2.47. The van der Waals surface area contributed by atoms with E-state index in [0.717, 1.165) is 31.2 Å². The lowest BCUT2D eigenvalue weighted by atomic mass is 9.94. The van der Waals surface area contributed by atoms with Crippen LogP contribution in [-0.4, -0.2) is 41.5 Å². The summed E-state index contributed by atoms with van der Waals surface area (Å²) in [5.41, 5.74) is 0.860. The first kappa shape index (κ1) is 22.0. The van der Waals surface area contributed by atoms with Crippen molar-refractivity contribution in [3.05, 3.63) is 47.5 Å². The molecule has 0 bridgehead atoms. The predicted octanol–water partition coefficient (Wildman–Crippen LogP) is 3.10. The van der Waals surface area contributed by atoms with E-state index in [1.54, 1.807) is 18.0 Å². The molecule has 1 heterocycles. The van der Waals surface area contributed by atoms with Gasteiger partial charge in [0.1, 0.15) is 6.54 Å². The summed E-state index contributed by atoms with van der Waals surface area (Å²) < 4.78 is 5.31. The number of aromatic nitrogens is 1. The Balaban J connectivity index is 1.52. The molecule has 30 heavy (non-hydrogen) atoms. The van der Waals surface area contributed by atoms with Crippen molar-refractivity contribution in [2.75, 3.05) is 11.4 Å². The maximum atomic E-state index is 13.1. The molecule has 1 atom stereocenters. The highest BCUT2D eigenvalue weighted by Gasteiger charge is 2.33.